The van der Waals surface area contributed by atoms with E-state index < -0.39 is 31.5 Å². The molecule has 1 amide bonds. The minimum absolute atomic E-state index is 0.0519. The molecular formula is C21H26NO7P. The molecule has 0 aliphatic carbocycles. The van der Waals surface area contributed by atoms with Crippen molar-refractivity contribution in [2.45, 2.75) is 31.8 Å². The van der Waals surface area contributed by atoms with Crippen LogP contribution in [-0.2, 0) is 40.9 Å². The van der Waals surface area contributed by atoms with Crippen molar-refractivity contribution in [2.75, 3.05) is 14.2 Å². The fourth-order valence-corrected chi connectivity index (χ4v) is 3.97. The fourth-order valence-electron chi connectivity index (χ4n) is 2.61. The molecule has 0 aliphatic rings. The van der Waals surface area contributed by atoms with Crippen LogP contribution in [0.1, 0.15) is 18.1 Å². The van der Waals surface area contributed by atoms with Crippen LogP contribution < -0.4 is 5.32 Å². The summed E-state index contributed by atoms with van der Waals surface area (Å²) in [5, 5.41) is 2.44. The third kappa shape index (κ3) is 6.99. The highest BCUT2D eigenvalue weighted by atomic mass is 31.2. The van der Waals surface area contributed by atoms with Crippen molar-refractivity contribution in [2.24, 2.45) is 0 Å². The summed E-state index contributed by atoms with van der Waals surface area (Å²) in [5.74, 6) is -1.76. The van der Waals surface area contributed by atoms with Gasteiger partial charge >= 0.3 is 19.7 Å². The molecule has 0 saturated heterocycles. The van der Waals surface area contributed by atoms with Gasteiger partial charge in [0.15, 0.2) is 6.10 Å². The second-order valence-corrected chi connectivity index (χ2v) is 8.84. The van der Waals surface area contributed by atoms with E-state index in [0.29, 0.717) is 0 Å². The number of hydrogen-bond donors (Lipinski definition) is 1. The largest absolute Gasteiger partial charge is 0.467 e. The number of carbonyl (C=O) groups is 2. The average Bonchev–Trinajstić information content (AvgIpc) is 2.78. The first-order chi connectivity index (χ1) is 14.4. The van der Waals surface area contributed by atoms with Gasteiger partial charge in [0.25, 0.3) is 0 Å². The van der Waals surface area contributed by atoms with Gasteiger partial charge in [-0.2, -0.15) is 0 Å². The molecule has 2 rings (SSSR count). The molecule has 0 saturated carbocycles. The first kappa shape index (κ1) is 23.6. The highest BCUT2D eigenvalue weighted by Crippen LogP contribution is 2.52. The zero-order valence-electron chi connectivity index (χ0n) is 17.1. The number of alkyl carbamates (subject to hydrolysis) is 1. The van der Waals surface area contributed by atoms with Gasteiger partial charge in [0.2, 0.25) is 0 Å². The Bertz CT molecular complexity index is 860. The Balaban J connectivity index is 2.02. The molecule has 3 atom stereocenters. The summed E-state index contributed by atoms with van der Waals surface area (Å²) >= 11 is 0. The predicted octanol–water partition coefficient (Wildman–Crippen LogP) is 3.90. The van der Waals surface area contributed by atoms with E-state index in [1.165, 1.54) is 21.1 Å². The third-order valence-corrected chi connectivity index (χ3v) is 6.41. The van der Waals surface area contributed by atoms with Crippen molar-refractivity contribution < 1.29 is 32.7 Å². The van der Waals surface area contributed by atoms with Crippen LogP contribution in [0, 0.1) is 0 Å². The molecule has 1 N–H and O–H groups in total. The first-order valence-corrected chi connectivity index (χ1v) is 10.9. The second kappa shape index (κ2) is 11.5. The number of nitrogens with one attached hydrogen (secondary N) is 1. The molecule has 2 aromatic rings. The van der Waals surface area contributed by atoms with Crippen molar-refractivity contribution >= 4 is 19.7 Å². The number of rotatable bonds is 10. The third-order valence-electron chi connectivity index (χ3n) is 4.27. The van der Waals surface area contributed by atoms with Crippen LogP contribution >= 0.6 is 7.60 Å². The molecule has 1 unspecified atom stereocenters. The molecule has 0 radical (unpaired) electrons. The van der Waals surface area contributed by atoms with Gasteiger partial charge in [-0.1, -0.05) is 60.7 Å². The molecule has 162 valence electrons. The van der Waals surface area contributed by atoms with Gasteiger partial charge < -0.3 is 19.3 Å². The van der Waals surface area contributed by atoms with Gasteiger partial charge in [0.05, 0.1) is 7.11 Å². The number of carbonyl (C=O) groups excluding carboxylic acids is 2. The zero-order valence-corrected chi connectivity index (χ0v) is 18.0. The number of hydrogen-bond acceptors (Lipinski definition) is 7. The summed E-state index contributed by atoms with van der Waals surface area (Å²) in [6, 6.07) is 18.2. The molecule has 2 aromatic carbocycles. The van der Waals surface area contributed by atoms with E-state index >= 15 is 0 Å². The van der Waals surface area contributed by atoms with Crippen LogP contribution in [0.3, 0.4) is 0 Å². The van der Waals surface area contributed by atoms with Gasteiger partial charge in [-0.15, -0.1) is 0 Å². The molecule has 30 heavy (non-hydrogen) atoms. The maximum absolute atomic E-state index is 13.2. The Morgan fingerprint density at radius 1 is 0.967 bits per heavy atom. The molecule has 0 heterocycles. The smallest absolute Gasteiger partial charge is 0.408 e. The SMILES string of the molecule is COC(=O)[C@H](Cc1ccccc1)OP(=O)(OC)[C@H](C)NC(=O)OCc1ccccc1. The topological polar surface area (TPSA) is 100 Å². The highest BCUT2D eigenvalue weighted by Gasteiger charge is 2.38. The molecular weight excluding hydrogens is 409 g/mol. The van der Waals surface area contributed by atoms with Crippen LogP contribution in [0.4, 0.5) is 4.79 Å². The van der Waals surface area contributed by atoms with Crippen molar-refractivity contribution in [1.29, 1.82) is 0 Å². The van der Waals surface area contributed by atoms with Crippen molar-refractivity contribution in [3.05, 3.63) is 71.8 Å². The minimum atomic E-state index is -3.91. The van der Waals surface area contributed by atoms with E-state index in [0.717, 1.165) is 11.1 Å². The lowest BCUT2D eigenvalue weighted by Gasteiger charge is -2.26. The molecule has 0 aromatic heterocycles. The summed E-state index contributed by atoms with van der Waals surface area (Å²) in [6.07, 6.45) is -1.83. The Kier molecular flexibility index (Phi) is 9.05. The van der Waals surface area contributed by atoms with Crippen LogP contribution in [0.15, 0.2) is 60.7 Å². The first-order valence-electron chi connectivity index (χ1n) is 9.30. The van der Waals surface area contributed by atoms with Crippen molar-refractivity contribution in [3.8, 4) is 0 Å². The Labute approximate surface area is 176 Å². The molecule has 0 fully saturated rings. The standard InChI is InChI=1S/C21H26NO7P/c1-16(22-21(24)28-15-18-12-8-5-9-13-18)30(25,27-3)29-19(20(23)26-2)14-17-10-6-4-7-11-17/h4-13,16,19H,14-15H2,1-3H3,(H,22,24)/t16-,19+,30?/m1/s1. The van der Waals surface area contributed by atoms with Crippen LogP contribution in [0.25, 0.3) is 0 Å². The van der Waals surface area contributed by atoms with E-state index in [2.05, 4.69) is 5.32 Å². The number of methoxy groups -OCH3 is 1. The molecule has 0 spiro atoms. The summed E-state index contributed by atoms with van der Waals surface area (Å²) < 4.78 is 33.7. The van der Waals surface area contributed by atoms with Crippen LogP contribution in [0.2, 0.25) is 0 Å². The van der Waals surface area contributed by atoms with E-state index in [1.807, 2.05) is 48.5 Å². The van der Waals surface area contributed by atoms with E-state index in [9.17, 15) is 14.2 Å². The van der Waals surface area contributed by atoms with Crippen LogP contribution in [-0.4, -0.2) is 38.2 Å². The van der Waals surface area contributed by atoms with E-state index in [4.69, 9.17) is 18.5 Å². The second-order valence-electron chi connectivity index (χ2n) is 6.41. The molecule has 8 nitrogen and oxygen atoms in total. The zero-order chi connectivity index (χ0) is 22.0. The Morgan fingerprint density at radius 2 is 1.53 bits per heavy atom. The fraction of sp³-hybridized carbons (Fsp3) is 0.333. The highest BCUT2D eigenvalue weighted by molar-refractivity contribution is 7.54. The quantitative estimate of drug-likeness (QED) is 0.446. The van der Waals surface area contributed by atoms with Gasteiger partial charge in [-0.05, 0) is 18.1 Å². The predicted molar refractivity (Wildman–Crippen MR) is 111 cm³/mol. The maximum atomic E-state index is 13.2. The summed E-state index contributed by atoms with van der Waals surface area (Å²) in [4.78, 5) is 24.3. The van der Waals surface area contributed by atoms with Crippen molar-refractivity contribution in [3.63, 3.8) is 0 Å². The lowest BCUT2D eigenvalue weighted by Crippen LogP contribution is -2.36. The summed E-state index contributed by atoms with van der Waals surface area (Å²) in [5.41, 5.74) is 1.60. The normalized spacial score (nSPS) is 14.8. The van der Waals surface area contributed by atoms with Gasteiger partial charge in [0.1, 0.15) is 12.4 Å². The monoisotopic (exact) mass is 435 g/mol. The van der Waals surface area contributed by atoms with Gasteiger partial charge in [0, 0.05) is 13.5 Å². The van der Waals surface area contributed by atoms with Gasteiger partial charge in [-0.25, -0.2) is 9.59 Å². The molecule has 9 heteroatoms. The Hall–Kier alpha value is -2.67. The maximum Gasteiger partial charge on any atom is 0.408 e. The number of ether oxygens (including phenoxy) is 2. The lowest BCUT2D eigenvalue weighted by molar-refractivity contribution is -0.149. The molecule has 0 bridgehead atoms. The van der Waals surface area contributed by atoms with Gasteiger partial charge in [-0.3, -0.25) is 9.09 Å². The number of amides is 1. The summed E-state index contributed by atoms with van der Waals surface area (Å²) in [7, 11) is -1.52. The minimum Gasteiger partial charge on any atom is -0.467 e. The number of esters is 1. The summed E-state index contributed by atoms with van der Waals surface area (Å²) in [6.45, 7) is 1.50. The Morgan fingerprint density at radius 3 is 2.07 bits per heavy atom. The van der Waals surface area contributed by atoms with E-state index in [-0.39, 0.29) is 13.0 Å². The molecule has 0 aliphatic heterocycles. The van der Waals surface area contributed by atoms with E-state index in [1.54, 1.807) is 12.1 Å². The van der Waals surface area contributed by atoms with Crippen LogP contribution in [0.5, 0.6) is 0 Å². The number of benzene rings is 2. The van der Waals surface area contributed by atoms with Crippen molar-refractivity contribution in [1.82, 2.24) is 5.32 Å². The lowest BCUT2D eigenvalue weighted by atomic mass is 10.1. The average molecular weight is 435 g/mol.